The molecule has 2 fully saturated rings. The standard InChI is InChI=1S/C20H30N2O4S/c1-27(24,25)19-8-6-18(7-9-19)26-14-2-3-20(23)22-12-10-17(11-13-22)21-15-16-4-5-16/h6-9,16-17,21H,2-5,10-15H2,1H3. The van der Waals surface area contributed by atoms with Crippen molar-refractivity contribution < 1.29 is 17.9 Å². The van der Waals surface area contributed by atoms with Crippen LogP contribution < -0.4 is 10.1 Å². The van der Waals surface area contributed by atoms with Crippen molar-refractivity contribution in [2.45, 2.75) is 49.5 Å². The number of piperidine rings is 1. The Labute approximate surface area is 162 Å². The van der Waals surface area contributed by atoms with E-state index in [0.29, 0.717) is 31.2 Å². The highest BCUT2D eigenvalue weighted by atomic mass is 32.2. The van der Waals surface area contributed by atoms with Gasteiger partial charge in [-0.3, -0.25) is 4.79 Å². The first-order chi connectivity index (χ1) is 12.9. The van der Waals surface area contributed by atoms with Gasteiger partial charge in [0.05, 0.1) is 11.5 Å². The Morgan fingerprint density at radius 3 is 2.41 bits per heavy atom. The van der Waals surface area contributed by atoms with Gasteiger partial charge in [0.2, 0.25) is 5.91 Å². The summed E-state index contributed by atoms with van der Waals surface area (Å²) >= 11 is 0. The maximum atomic E-state index is 12.3. The average molecular weight is 395 g/mol. The van der Waals surface area contributed by atoms with Crippen LogP contribution in [0.15, 0.2) is 29.2 Å². The van der Waals surface area contributed by atoms with Crippen molar-refractivity contribution in [3.05, 3.63) is 24.3 Å². The Kier molecular flexibility index (Phi) is 6.76. The second-order valence-electron chi connectivity index (χ2n) is 7.70. The summed E-state index contributed by atoms with van der Waals surface area (Å²) in [5, 5.41) is 3.63. The number of nitrogens with one attached hydrogen (secondary N) is 1. The van der Waals surface area contributed by atoms with Gasteiger partial charge in [-0.2, -0.15) is 0 Å². The lowest BCUT2D eigenvalue weighted by Crippen LogP contribution is -2.45. The first kappa shape index (κ1) is 20.1. The van der Waals surface area contributed by atoms with E-state index in [-0.39, 0.29) is 10.8 Å². The summed E-state index contributed by atoms with van der Waals surface area (Å²) in [6.07, 6.45) is 7.15. The molecule has 1 aliphatic carbocycles. The number of sulfone groups is 1. The summed E-state index contributed by atoms with van der Waals surface area (Å²) in [7, 11) is -3.19. The quantitative estimate of drug-likeness (QED) is 0.650. The van der Waals surface area contributed by atoms with Gasteiger partial charge in [-0.15, -0.1) is 0 Å². The zero-order valence-electron chi connectivity index (χ0n) is 16.0. The molecule has 1 saturated carbocycles. The molecular formula is C20H30N2O4S. The molecule has 0 unspecified atom stereocenters. The third-order valence-corrected chi connectivity index (χ3v) is 6.42. The van der Waals surface area contributed by atoms with Crippen molar-refractivity contribution in [3.8, 4) is 5.75 Å². The largest absolute Gasteiger partial charge is 0.494 e. The van der Waals surface area contributed by atoms with Gasteiger partial charge in [0, 0.05) is 31.8 Å². The van der Waals surface area contributed by atoms with Crippen LogP contribution in [-0.4, -0.2) is 57.8 Å². The van der Waals surface area contributed by atoms with E-state index in [1.54, 1.807) is 12.1 Å². The fourth-order valence-electron chi connectivity index (χ4n) is 3.34. The molecule has 1 N–H and O–H groups in total. The SMILES string of the molecule is CS(=O)(=O)c1ccc(OCCCC(=O)N2CCC(NCC3CC3)CC2)cc1. The number of hydrogen-bond acceptors (Lipinski definition) is 5. The van der Waals surface area contributed by atoms with Gasteiger partial charge in [-0.05, 0) is 68.8 Å². The number of carbonyl (C=O) groups excluding carboxylic acids is 1. The Balaban J connectivity index is 1.30. The zero-order chi connectivity index (χ0) is 19.3. The molecular weight excluding hydrogens is 364 g/mol. The number of ether oxygens (including phenoxy) is 1. The molecule has 3 rings (SSSR count). The molecule has 0 radical (unpaired) electrons. The number of benzene rings is 1. The van der Waals surface area contributed by atoms with E-state index in [1.165, 1.54) is 31.2 Å². The minimum Gasteiger partial charge on any atom is -0.494 e. The maximum absolute atomic E-state index is 12.3. The van der Waals surface area contributed by atoms with Crippen LogP contribution in [0.25, 0.3) is 0 Å². The van der Waals surface area contributed by atoms with Crippen molar-refractivity contribution in [1.82, 2.24) is 10.2 Å². The molecule has 1 heterocycles. The van der Waals surface area contributed by atoms with E-state index in [0.717, 1.165) is 38.4 Å². The minimum absolute atomic E-state index is 0.201. The molecule has 150 valence electrons. The van der Waals surface area contributed by atoms with E-state index < -0.39 is 9.84 Å². The lowest BCUT2D eigenvalue weighted by Gasteiger charge is -2.32. The molecule has 6 nitrogen and oxygen atoms in total. The molecule has 0 spiro atoms. The number of likely N-dealkylation sites (tertiary alicyclic amines) is 1. The van der Waals surface area contributed by atoms with Crippen LogP contribution in [0.1, 0.15) is 38.5 Å². The van der Waals surface area contributed by atoms with Crippen LogP contribution in [-0.2, 0) is 14.6 Å². The Morgan fingerprint density at radius 2 is 1.81 bits per heavy atom. The zero-order valence-corrected chi connectivity index (χ0v) is 16.8. The molecule has 27 heavy (non-hydrogen) atoms. The topological polar surface area (TPSA) is 75.7 Å². The molecule has 0 atom stereocenters. The normalized spacial score (nSPS) is 18.5. The van der Waals surface area contributed by atoms with E-state index in [1.807, 2.05) is 4.90 Å². The molecule has 0 aromatic heterocycles. The van der Waals surface area contributed by atoms with Crippen molar-refractivity contribution in [1.29, 1.82) is 0 Å². The Morgan fingerprint density at radius 1 is 1.15 bits per heavy atom. The van der Waals surface area contributed by atoms with Crippen molar-refractivity contribution in [2.24, 2.45) is 5.92 Å². The van der Waals surface area contributed by atoms with Gasteiger partial charge < -0.3 is 15.0 Å². The van der Waals surface area contributed by atoms with E-state index in [4.69, 9.17) is 4.74 Å². The maximum Gasteiger partial charge on any atom is 0.222 e. The number of rotatable bonds is 9. The van der Waals surface area contributed by atoms with Crippen LogP contribution in [0.4, 0.5) is 0 Å². The van der Waals surface area contributed by atoms with E-state index in [9.17, 15) is 13.2 Å². The number of amides is 1. The number of carbonyl (C=O) groups is 1. The van der Waals surface area contributed by atoms with Crippen LogP contribution in [0, 0.1) is 5.92 Å². The summed E-state index contributed by atoms with van der Waals surface area (Å²) in [5.74, 6) is 1.72. The Hall–Kier alpha value is -1.60. The van der Waals surface area contributed by atoms with Gasteiger partial charge in [0.1, 0.15) is 5.75 Å². The van der Waals surface area contributed by atoms with Gasteiger partial charge in [-0.25, -0.2) is 8.42 Å². The molecule has 1 amide bonds. The molecule has 0 bridgehead atoms. The second-order valence-corrected chi connectivity index (χ2v) is 9.72. The smallest absolute Gasteiger partial charge is 0.222 e. The predicted molar refractivity (Wildman–Crippen MR) is 105 cm³/mol. The summed E-state index contributed by atoms with van der Waals surface area (Å²) in [6.45, 7) is 3.27. The fourth-order valence-corrected chi connectivity index (χ4v) is 3.97. The highest BCUT2D eigenvalue weighted by Gasteiger charge is 2.25. The predicted octanol–water partition coefficient (Wildman–Crippen LogP) is 2.24. The molecule has 1 aromatic rings. The molecule has 7 heteroatoms. The van der Waals surface area contributed by atoms with Crippen LogP contribution >= 0.6 is 0 Å². The van der Waals surface area contributed by atoms with Crippen LogP contribution in [0.5, 0.6) is 5.75 Å². The van der Waals surface area contributed by atoms with Gasteiger partial charge in [0.25, 0.3) is 0 Å². The van der Waals surface area contributed by atoms with E-state index >= 15 is 0 Å². The number of nitrogens with zero attached hydrogens (tertiary/aromatic N) is 1. The van der Waals surface area contributed by atoms with Gasteiger partial charge >= 0.3 is 0 Å². The second kappa shape index (κ2) is 9.06. The summed E-state index contributed by atoms with van der Waals surface area (Å²) in [5.41, 5.74) is 0. The fraction of sp³-hybridized carbons (Fsp3) is 0.650. The van der Waals surface area contributed by atoms with Gasteiger partial charge in [0.15, 0.2) is 9.84 Å². The lowest BCUT2D eigenvalue weighted by molar-refractivity contribution is -0.132. The number of hydrogen-bond donors (Lipinski definition) is 1. The van der Waals surface area contributed by atoms with Crippen LogP contribution in [0.3, 0.4) is 0 Å². The lowest BCUT2D eigenvalue weighted by atomic mass is 10.0. The monoisotopic (exact) mass is 394 g/mol. The summed E-state index contributed by atoms with van der Waals surface area (Å²) in [4.78, 5) is 14.6. The minimum atomic E-state index is -3.19. The van der Waals surface area contributed by atoms with Gasteiger partial charge in [-0.1, -0.05) is 0 Å². The highest BCUT2D eigenvalue weighted by Crippen LogP contribution is 2.28. The van der Waals surface area contributed by atoms with Crippen molar-refractivity contribution in [2.75, 3.05) is 32.5 Å². The molecule has 1 saturated heterocycles. The van der Waals surface area contributed by atoms with E-state index in [2.05, 4.69) is 5.32 Å². The van der Waals surface area contributed by atoms with Crippen molar-refractivity contribution >= 4 is 15.7 Å². The molecule has 2 aliphatic rings. The average Bonchev–Trinajstić information content (AvgIpc) is 3.48. The highest BCUT2D eigenvalue weighted by molar-refractivity contribution is 7.90. The first-order valence-electron chi connectivity index (χ1n) is 9.86. The van der Waals surface area contributed by atoms with Crippen LogP contribution in [0.2, 0.25) is 0 Å². The molecule has 1 aromatic carbocycles. The van der Waals surface area contributed by atoms with Crippen molar-refractivity contribution in [3.63, 3.8) is 0 Å². The Bertz CT molecular complexity index is 721. The summed E-state index contributed by atoms with van der Waals surface area (Å²) < 4.78 is 28.5. The first-order valence-corrected chi connectivity index (χ1v) is 11.7. The third-order valence-electron chi connectivity index (χ3n) is 5.30. The summed E-state index contributed by atoms with van der Waals surface area (Å²) in [6, 6.07) is 6.94. The third kappa shape index (κ3) is 6.50. The molecule has 1 aliphatic heterocycles.